The first-order valence-electron chi connectivity index (χ1n) is 3.47. The van der Waals surface area contributed by atoms with Crippen molar-refractivity contribution < 1.29 is 29.0 Å². The maximum Gasteiger partial charge on any atom is 0.432 e. The highest BCUT2D eigenvalue weighted by molar-refractivity contribution is 7.49. The second kappa shape index (κ2) is 4.52. The van der Waals surface area contributed by atoms with Crippen molar-refractivity contribution in [3.63, 3.8) is 0 Å². The minimum absolute atomic E-state index is 0.126. The van der Waals surface area contributed by atoms with Gasteiger partial charge in [0, 0.05) is 7.05 Å². The molecule has 5 N–H and O–H groups in total. The fourth-order valence-electron chi connectivity index (χ4n) is 0.644. The van der Waals surface area contributed by atoms with E-state index in [1.807, 2.05) is 0 Å². The Bertz CT molecular complexity index is 286. The summed E-state index contributed by atoms with van der Waals surface area (Å²) >= 11 is 0. The molecule has 1 atom stereocenters. The zero-order valence-corrected chi connectivity index (χ0v) is 8.22. The van der Waals surface area contributed by atoms with Gasteiger partial charge in [-0.2, -0.15) is 0 Å². The molecule has 1 amide bonds. The van der Waals surface area contributed by atoms with Gasteiger partial charge in [0.15, 0.2) is 0 Å². The molecular weight excluding hydrogens is 215 g/mol. The van der Waals surface area contributed by atoms with E-state index in [9.17, 15) is 14.2 Å². The van der Waals surface area contributed by atoms with Crippen LogP contribution in [0.15, 0.2) is 0 Å². The van der Waals surface area contributed by atoms with E-state index in [0.29, 0.717) is 0 Å². The Morgan fingerprint density at radius 3 is 2.21 bits per heavy atom. The normalized spacial score (nSPS) is 13.4. The van der Waals surface area contributed by atoms with E-state index >= 15 is 0 Å². The molecular formula is C5H11N2O6P. The third-order valence-corrected chi connectivity index (χ3v) is 2.40. The standard InChI is InChI=1S/C5H11N2O6P/c1-7(14(11,12)13)5(10)3(6)2-4(8)9/h3H,2,6H2,1H3,(H,8,9)(H2,11,12,13)/t3-/m0/s1. The topological polar surface area (TPSA) is 141 Å². The summed E-state index contributed by atoms with van der Waals surface area (Å²) in [5, 5.41) is 8.27. The number of nitrogens with two attached hydrogens (primary N) is 1. The van der Waals surface area contributed by atoms with Crippen molar-refractivity contribution in [3.8, 4) is 0 Å². The van der Waals surface area contributed by atoms with Gasteiger partial charge in [0.1, 0.15) is 0 Å². The molecule has 0 bridgehead atoms. The van der Waals surface area contributed by atoms with Gasteiger partial charge >= 0.3 is 13.7 Å². The van der Waals surface area contributed by atoms with E-state index in [-0.39, 0.29) is 4.67 Å². The minimum Gasteiger partial charge on any atom is -0.481 e. The van der Waals surface area contributed by atoms with Crippen LogP contribution in [-0.2, 0) is 14.2 Å². The first-order chi connectivity index (χ1) is 6.16. The van der Waals surface area contributed by atoms with Crippen LogP contribution in [0.3, 0.4) is 0 Å². The second-order valence-corrected chi connectivity index (χ2v) is 4.21. The zero-order chi connectivity index (χ0) is 11.5. The summed E-state index contributed by atoms with van der Waals surface area (Å²) in [6.07, 6.45) is -0.677. The number of nitrogens with zero attached hydrogens (tertiary/aromatic N) is 1. The maximum absolute atomic E-state index is 11.1. The molecule has 82 valence electrons. The number of amides is 1. The lowest BCUT2D eigenvalue weighted by molar-refractivity contribution is -0.140. The zero-order valence-electron chi connectivity index (χ0n) is 7.32. The number of carbonyl (C=O) groups is 2. The van der Waals surface area contributed by atoms with Crippen molar-refractivity contribution in [2.24, 2.45) is 5.73 Å². The highest BCUT2D eigenvalue weighted by Gasteiger charge is 2.30. The number of hydrogen-bond acceptors (Lipinski definition) is 4. The molecule has 0 fully saturated rings. The Hall–Kier alpha value is -0.950. The number of carboxylic acids is 1. The van der Waals surface area contributed by atoms with E-state index < -0.39 is 32.1 Å². The van der Waals surface area contributed by atoms with Crippen LogP contribution in [-0.4, -0.2) is 44.5 Å². The highest BCUT2D eigenvalue weighted by Crippen LogP contribution is 2.38. The first kappa shape index (κ1) is 13.1. The minimum atomic E-state index is -4.70. The van der Waals surface area contributed by atoms with E-state index in [0.717, 1.165) is 7.05 Å². The maximum atomic E-state index is 11.1. The molecule has 0 aliphatic rings. The Kier molecular flexibility index (Phi) is 4.21. The summed E-state index contributed by atoms with van der Waals surface area (Å²) in [5.41, 5.74) is 5.10. The largest absolute Gasteiger partial charge is 0.481 e. The van der Waals surface area contributed by atoms with Gasteiger partial charge in [0.2, 0.25) is 5.91 Å². The lowest BCUT2D eigenvalue weighted by Gasteiger charge is -2.20. The van der Waals surface area contributed by atoms with Gasteiger partial charge in [-0.1, -0.05) is 0 Å². The number of aliphatic carboxylic acids is 1. The highest BCUT2D eigenvalue weighted by atomic mass is 31.2. The van der Waals surface area contributed by atoms with Crippen molar-refractivity contribution in [1.82, 2.24) is 4.67 Å². The monoisotopic (exact) mass is 226 g/mol. The molecule has 0 unspecified atom stereocenters. The molecule has 0 aromatic carbocycles. The third kappa shape index (κ3) is 3.84. The fraction of sp³-hybridized carbons (Fsp3) is 0.600. The van der Waals surface area contributed by atoms with Gasteiger partial charge in [-0.05, 0) is 0 Å². The number of carboxylic acid groups (broad SMARTS) is 1. The Morgan fingerprint density at radius 2 is 1.93 bits per heavy atom. The van der Waals surface area contributed by atoms with Crippen LogP contribution in [0.2, 0.25) is 0 Å². The molecule has 0 heterocycles. The summed E-state index contributed by atoms with van der Waals surface area (Å²) in [4.78, 5) is 38.3. The van der Waals surface area contributed by atoms with Crippen molar-refractivity contribution in [2.75, 3.05) is 7.05 Å². The first-order valence-corrected chi connectivity index (χ1v) is 5.03. The van der Waals surface area contributed by atoms with E-state index in [1.165, 1.54) is 0 Å². The Balaban J connectivity index is 4.48. The summed E-state index contributed by atoms with van der Waals surface area (Å²) in [6, 6.07) is -1.45. The molecule has 14 heavy (non-hydrogen) atoms. The average Bonchev–Trinajstić information content (AvgIpc) is 1.98. The Morgan fingerprint density at radius 1 is 1.50 bits per heavy atom. The number of likely N-dealkylation sites (N-methyl/N-ethyl adjacent to an activating group) is 1. The summed E-state index contributed by atoms with van der Waals surface area (Å²) in [6.45, 7) is 0. The molecule has 0 aliphatic heterocycles. The van der Waals surface area contributed by atoms with E-state index in [4.69, 9.17) is 20.6 Å². The van der Waals surface area contributed by atoms with Gasteiger partial charge < -0.3 is 20.6 Å². The quantitative estimate of drug-likeness (QED) is 0.420. The molecule has 8 nitrogen and oxygen atoms in total. The smallest absolute Gasteiger partial charge is 0.432 e. The molecule has 0 spiro atoms. The van der Waals surface area contributed by atoms with Gasteiger partial charge in [0.25, 0.3) is 0 Å². The van der Waals surface area contributed by atoms with Crippen molar-refractivity contribution in [3.05, 3.63) is 0 Å². The van der Waals surface area contributed by atoms with Crippen LogP contribution in [0.5, 0.6) is 0 Å². The Labute approximate surface area is 79.5 Å². The lowest BCUT2D eigenvalue weighted by atomic mass is 10.2. The number of hydrogen-bond donors (Lipinski definition) is 4. The summed E-state index contributed by atoms with van der Waals surface area (Å²) < 4.78 is 10.7. The van der Waals surface area contributed by atoms with Crippen LogP contribution in [0.4, 0.5) is 0 Å². The number of carbonyl (C=O) groups excluding carboxylic acids is 1. The van der Waals surface area contributed by atoms with Gasteiger partial charge in [0.05, 0.1) is 12.5 Å². The molecule has 0 aliphatic carbocycles. The molecule has 0 saturated heterocycles. The second-order valence-electron chi connectivity index (χ2n) is 2.58. The number of rotatable bonds is 4. The van der Waals surface area contributed by atoms with Crippen LogP contribution < -0.4 is 5.73 Å². The van der Waals surface area contributed by atoms with Gasteiger partial charge in [-0.15, -0.1) is 0 Å². The van der Waals surface area contributed by atoms with Crippen LogP contribution in [0.1, 0.15) is 6.42 Å². The predicted octanol–water partition coefficient (Wildman–Crippen LogP) is -1.66. The summed E-state index contributed by atoms with van der Waals surface area (Å²) in [7, 11) is -3.85. The SMILES string of the molecule is CN(C(=O)[C@@H](N)CC(=O)O)P(=O)(O)O. The molecule has 0 aromatic rings. The van der Waals surface area contributed by atoms with Crippen molar-refractivity contribution >= 4 is 19.6 Å². The van der Waals surface area contributed by atoms with Crippen LogP contribution in [0, 0.1) is 0 Å². The van der Waals surface area contributed by atoms with Crippen molar-refractivity contribution in [2.45, 2.75) is 12.5 Å². The van der Waals surface area contributed by atoms with E-state index in [1.54, 1.807) is 0 Å². The molecule has 0 saturated carbocycles. The molecule has 0 rings (SSSR count). The van der Waals surface area contributed by atoms with Crippen LogP contribution >= 0.6 is 7.75 Å². The molecule has 9 heteroatoms. The third-order valence-electron chi connectivity index (χ3n) is 1.42. The molecule has 0 aromatic heterocycles. The van der Waals surface area contributed by atoms with Crippen LogP contribution in [0.25, 0.3) is 0 Å². The molecule has 0 radical (unpaired) electrons. The van der Waals surface area contributed by atoms with Crippen molar-refractivity contribution in [1.29, 1.82) is 0 Å². The summed E-state index contributed by atoms with van der Waals surface area (Å²) in [5.74, 6) is -2.43. The van der Waals surface area contributed by atoms with E-state index in [2.05, 4.69) is 0 Å². The van der Waals surface area contributed by atoms with Gasteiger partial charge in [-0.25, -0.2) is 4.57 Å². The fourth-order valence-corrected chi connectivity index (χ4v) is 1.05. The average molecular weight is 226 g/mol. The predicted molar refractivity (Wildman–Crippen MR) is 45.0 cm³/mol. The van der Waals surface area contributed by atoms with Gasteiger partial charge in [-0.3, -0.25) is 14.3 Å². The lowest BCUT2D eigenvalue weighted by Crippen LogP contribution is -2.41.